The van der Waals surface area contributed by atoms with Crippen LogP contribution in [0.25, 0.3) is 22.2 Å². The van der Waals surface area contributed by atoms with Gasteiger partial charge in [0.25, 0.3) is 5.91 Å². The van der Waals surface area contributed by atoms with Crippen LogP contribution in [-0.2, 0) is 11.2 Å². The Kier molecular flexibility index (Phi) is 7.43. The van der Waals surface area contributed by atoms with Crippen molar-refractivity contribution >= 4 is 22.7 Å². The quantitative estimate of drug-likeness (QED) is 0.474. The Hall–Kier alpha value is -3.73. The molecule has 214 valence electrons. The van der Waals surface area contributed by atoms with E-state index >= 15 is 0 Å². The molecule has 2 aliphatic rings. The van der Waals surface area contributed by atoms with Gasteiger partial charge in [-0.1, -0.05) is 0 Å². The summed E-state index contributed by atoms with van der Waals surface area (Å²) in [7, 11) is 6.42. The predicted octanol–water partition coefficient (Wildman–Crippen LogP) is 4.05. The number of ether oxygens (including phenoxy) is 2. The molecule has 8 nitrogen and oxygen atoms in total. The summed E-state index contributed by atoms with van der Waals surface area (Å²) in [5.74, 6) is 1.26. The fourth-order valence-corrected chi connectivity index (χ4v) is 5.90. The van der Waals surface area contributed by atoms with Crippen molar-refractivity contribution in [3.8, 4) is 22.8 Å². The molecule has 40 heavy (non-hydrogen) atoms. The lowest BCUT2D eigenvalue weighted by atomic mass is 10.0. The van der Waals surface area contributed by atoms with Gasteiger partial charge >= 0.3 is 6.18 Å². The molecule has 2 amide bonds. The largest absolute Gasteiger partial charge is 0.493 e. The highest BCUT2D eigenvalue weighted by atomic mass is 19.4. The summed E-state index contributed by atoms with van der Waals surface area (Å²) in [5, 5.41) is 0.362. The number of aromatic amines is 1. The maximum atomic E-state index is 13.7. The lowest BCUT2D eigenvalue weighted by Gasteiger charge is -2.22. The summed E-state index contributed by atoms with van der Waals surface area (Å²) >= 11 is 0. The zero-order valence-corrected chi connectivity index (χ0v) is 23.0. The number of hydrogen-bond donors (Lipinski definition) is 1. The molecule has 0 bridgehead atoms. The van der Waals surface area contributed by atoms with E-state index in [1.165, 1.54) is 14.2 Å². The molecule has 3 heterocycles. The summed E-state index contributed by atoms with van der Waals surface area (Å²) in [6, 6.07) is 9.85. The van der Waals surface area contributed by atoms with Gasteiger partial charge in [-0.3, -0.25) is 14.5 Å². The van der Waals surface area contributed by atoms with Crippen LogP contribution in [0.3, 0.4) is 0 Å². The number of halogens is 3. The summed E-state index contributed by atoms with van der Waals surface area (Å²) in [6.07, 6.45) is -5.60. The van der Waals surface area contributed by atoms with Gasteiger partial charge < -0.3 is 24.3 Å². The third-order valence-electron chi connectivity index (χ3n) is 7.91. The van der Waals surface area contributed by atoms with Crippen molar-refractivity contribution in [3.63, 3.8) is 0 Å². The van der Waals surface area contributed by atoms with Crippen molar-refractivity contribution in [1.82, 2.24) is 19.7 Å². The van der Waals surface area contributed by atoms with Crippen LogP contribution in [0.5, 0.6) is 11.5 Å². The number of nitrogens with one attached hydrogen (secondary N) is 1. The number of carbonyl (C=O) groups is 2. The number of rotatable bonds is 7. The first-order chi connectivity index (χ1) is 19.0. The Morgan fingerprint density at radius 1 is 0.975 bits per heavy atom. The third-order valence-corrected chi connectivity index (χ3v) is 7.91. The first kappa shape index (κ1) is 27.8. The highest BCUT2D eigenvalue weighted by Gasteiger charge is 2.42. The van der Waals surface area contributed by atoms with E-state index in [-0.39, 0.29) is 29.2 Å². The third kappa shape index (κ3) is 5.47. The second kappa shape index (κ2) is 10.7. The smallest absolute Gasteiger partial charge is 0.393 e. The minimum absolute atomic E-state index is 0.0508. The van der Waals surface area contributed by atoms with E-state index < -0.39 is 12.6 Å². The van der Waals surface area contributed by atoms with Gasteiger partial charge in [0.05, 0.1) is 32.9 Å². The van der Waals surface area contributed by atoms with Gasteiger partial charge in [-0.25, -0.2) is 0 Å². The summed E-state index contributed by atoms with van der Waals surface area (Å²) < 4.78 is 51.8. The molecular weight excluding hydrogens is 525 g/mol. The SMILES string of the molecule is COc1ccc(-c2[nH]c3ccc(C(=O)N4CC5CN(CC(=O)N(C)C)CC5C4)cc3c2CC(F)(F)F)cc1OC. The molecule has 0 saturated carbocycles. The molecule has 5 rings (SSSR count). The monoisotopic (exact) mass is 558 g/mol. The molecule has 1 aromatic heterocycles. The zero-order valence-electron chi connectivity index (χ0n) is 23.0. The summed E-state index contributed by atoms with van der Waals surface area (Å²) in [6.45, 7) is 2.98. The van der Waals surface area contributed by atoms with Crippen LogP contribution in [0.4, 0.5) is 13.2 Å². The number of likely N-dealkylation sites (N-methyl/N-ethyl adjacent to an activating group) is 1. The van der Waals surface area contributed by atoms with Crippen molar-refractivity contribution < 1.29 is 32.2 Å². The number of nitrogens with zero attached hydrogens (tertiary/aromatic N) is 3. The average Bonchev–Trinajstić information content (AvgIpc) is 3.58. The number of fused-ring (bicyclic) bond motifs is 2. The number of aromatic nitrogens is 1. The van der Waals surface area contributed by atoms with E-state index in [2.05, 4.69) is 9.88 Å². The van der Waals surface area contributed by atoms with Crippen LogP contribution >= 0.6 is 0 Å². The molecule has 2 atom stereocenters. The number of likely N-dealkylation sites (tertiary alicyclic amines) is 2. The molecule has 0 spiro atoms. The molecular formula is C29H33F3N4O4. The van der Waals surface area contributed by atoms with Crippen LogP contribution in [0, 0.1) is 11.8 Å². The first-order valence-corrected chi connectivity index (χ1v) is 13.1. The number of hydrogen-bond acceptors (Lipinski definition) is 5. The Bertz CT molecular complexity index is 1420. The maximum absolute atomic E-state index is 13.7. The van der Waals surface area contributed by atoms with Crippen molar-refractivity contribution in [2.75, 3.05) is 61.0 Å². The average molecular weight is 559 g/mol. The molecule has 11 heteroatoms. The van der Waals surface area contributed by atoms with Crippen LogP contribution < -0.4 is 9.47 Å². The van der Waals surface area contributed by atoms with E-state index in [1.54, 1.807) is 60.3 Å². The lowest BCUT2D eigenvalue weighted by molar-refractivity contribution is -0.130. The van der Waals surface area contributed by atoms with Crippen LogP contribution in [0.15, 0.2) is 36.4 Å². The highest BCUT2D eigenvalue weighted by Crippen LogP contribution is 2.39. The van der Waals surface area contributed by atoms with Crippen molar-refractivity contribution in [3.05, 3.63) is 47.5 Å². The van der Waals surface area contributed by atoms with Gasteiger partial charge in [-0.15, -0.1) is 0 Å². The van der Waals surface area contributed by atoms with E-state index in [0.717, 1.165) is 13.1 Å². The zero-order chi connectivity index (χ0) is 28.8. The topological polar surface area (TPSA) is 78.1 Å². The molecule has 2 unspecified atom stereocenters. The number of amides is 2. The summed E-state index contributed by atoms with van der Waals surface area (Å²) in [5.41, 5.74) is 1.78. The molecule has 2 saturated heterocycles. The lowest BCUT2D eigenvalue weighted by Crippen LogP contribution is -2.38. The van der Waals surface area contributed by atoms with E-state index in [1.807, 2.05) is 0 Å². The van der Waals surface area contributed by atoms with Gasteiger partial charge in [-0.2, -0.15) is 13.2 Å². The molecule has 2 aromatic carbocycles. The number of benzene rings is 2. The van der Waals surface area contributed by atoms with Crippen LogP contribution in [0.2, 0.25) is 0 Å². The molecule has 2 aliphatic heterocycles. The number of methoxy groups -OCH3 is 2. The molecule has 0 radical (unpaired) electrons. The van der Waals surface area contributed by atoms with Gasteiger partial charge in [0.1, 0.15) is 0 Å². The molecule has 0 aliphatic carbocycles. The van der Waals surface area contributed by atoms with Gasteiger partial charge in [0.2, 0.25) is 5.91 Å². The first-order valence-electron chi connectivity index (χ1n) is 13.1. The van der Waals surface area contributed by atoms with Crippen molar-refractivity contribution in [2.45, 2.75) is 12.6 Å². The summed E-state index contributed by atoms with van der Waals surface area (Å²) in [4.78, 5) is 34.2. The normalized spacial score (nSPS) is 19.2. The second-order valence-corrected chi connectivity index (χ2v) is 10.8. The second-order valence-electron chi connectivity index (χ2n) is 10.8. The van der Waals surface area contributed by atoms with Gasteiger partial charge in [0.15, 0.2) is 11.5 Å². The number of alkyl halides is 3. The fourth-order valence-electron chi connectivity index (χ4n) is 5.90. The molecule has 2 fully saturated rings. The Labute approximate surface area is 230 Å². The Morgan fingerprint density at radius 3 is 2.25 bits per heavy atom. The van der Waals surface area contributed by atoms with Gasteiger partial charge in [0, 0.05) is 62.3 Å². The van der Waals surface area contributed by atoms with Crippen molar-refractivity contribution in [2.24, 2.45) is 11.8 Å². The van der Waals surface area contributed by atoms with E-state index in [0.29, 0.717) is 58.9 Å². The maximum Gasteiger partial charge on any atom is 0.393 e. The van der Waals surface area contributed by atoms with E-state index in [4.69, 9.17) is 9.47 Å². The predicted molar refractivity (Wildman–Crippen MR) is 145 cm³/mol. The van der Waals surface area contributed by atoms with Crippen LogP contribution in [-0.4, -0.2) is 98.7 Å². The van der Waals surface area contributed by atoms with Gasteiger partial charge in [-0.05, 0) is 53.8 Å². The Morgan fingerprint density at radius 2 is 1.65 bits per heavy atom. The number of carbonyl (C=O) groups excluding carboxylic acids is 2. The molecule has 3 aromatic rings. The van der Waals surface area contributed by atoms with Crippen molar-refractivity contribution in [1.29, 1.82) is 0 Å². The highest BCUT2D eigenvalue weighted by molar-refractivity contribution is 6.00. The standard InChI is InChI=1S/C29H33F3N4O4/c1-34(2)26(37)16-35-12-19-14-36(15-20(19)13-35)28(38)18-5-7-23-21(9-18)22(11-29(30,31)32)27(33-23)17-6-8-24(39-3)25(10-17)40-4/h5-10,19-20,33H,11-16H2,1-4H3. The van der Waals surface area contributed by atoms with E-state index in [9.17, 15) is 22.8 Å². The fraction of sp³-hybridized carbons (Fsp3) is 0.448. The minimum atomic E-state index is -4.45. The Balaban J connectivity index is 1.41. The molecule has 1 N–H and O–H groups in total. The number of H-pyrrole nitrogens is 1. The van der Waals surface area contributed by atoms with Crippen LogP contribution in [0.1, 0.15) is 15.9 Å². The minimum Gasteiger partial charge on any atom is -0.493 e.